The average Bonchev–Trinajstić information content (AvgIpc) is 2.71. The maximum Gasteiger partial charge on any atom is 0.266 e. The molecule has 1 saturated heterocycles. The van der Waals surface area contributed by atoms with Crippen LogP contribution in [0.3, 0.4) is 0 Å². The maximum atomic E-state index is 9.18. The predicted molar refractivity (Wildman–Crippen MR) is 46.2 cm³/mol. The van der Waals surface area contributed by atoms with Crippen molar-refractivity contribution in [1.29, 1.82) is 0 Å². The molecule has 0 bridgehead atoms. The zero-order valence-electron chi connectivity index (χ0n) is 7.51. The molecular formula is C7H13N5O. The van der Waals surface area contributed by atoms with Gasteiger partial charge in [0.1, 0.15) is 0 Å². The van der Waals surface area contributed by atoms with Crippen molar-refractivity contribution < 1.29 is 5.11 Å². The molecule has 2 heterocycles. The summed E-state index contributed by atoms with van der Waals surface area (Å²) in [6, 6.07) is 0.137. The minimum absolute atomic E-state index is 0.137. The molecule has 2 atom stereocenters. The van der Waals surface area contributed by atoms with Gasteiger partial charge in [0.2, 0.25) is 0 Å². The minimum Gasteiger partial charge on any atom is -0.394 e. The van der Waals surface area contributed by atoms with Crippen molar-refractivity contribution in [3.05, 3.63) is 0 Å². The van der Waals surface area contributed by atoms with Gasteiger partial charge in [0.15, 0.2) is 0 Å². The van der Waals surface area contributed by atoms with Crippen LogP contribution in [0.15, 0.2) is 0 Å². The van der Waals surface area contributed by atoms with Crippen LogP contribution in [0.1, 0.15) is 13.3 Å². The van der Waals surface area contributed by atoms with Crippen molar-refractivity contribution in [2.24, 2.45) is 5.92 Å². The highest BCUT2D eigenvalue weighted by atomic mass is 16.3. The highest BCUT2D eigenvalue weighted by molar-refractivity contribution is 5.31. The first-order chi connectivity index (χ1) is 6.33. The third kappa shape index (κ3) is 1.37. The number of H-pyrrole nitrogens is 1. The van der Waals surface area contributed by atoms with Crippen molar-refractivity contribution in [2.75, 3.05) is 18.1 Å². The van der Waals surface area contributed by atoms with Crippen LogP contribution in [-0.2, 0) is 0 Å². The third-order valence-electron chi connectivity index (χ3n) is 2.66. The average molecular weight is 183 g/mol. The third-order valence-corrected chi connectivity index (χ3v) is 2.66. The summed E-state index contributed by atoms with van der Waals surface area (Å²) >= 11 is 0. The van der Waals surface area contributed by atoms with E-state index in [1.54, 1.807) is 0 Å². The normalized spacial score (nSPS) is 28.3. The lowest BCUT2D eigenvalue weighted by molar-refractivity contribution is 0.244. The molecule has 0 aliphatic carbocycles. The molecule has 0 aromatic carbocycles. The van der Waals surface area contributed by atoms with Gasteiger partial charge < -0.3 is 10.0 Å². The van der Waals surface area contributed by atoms with E-state index in [0.717, 1.165) is 13.0 Å². The van der Waals surface area contributed by atoms with Gasteiger partial charge in [-0.1, -0.05) is 12.0 Å². The molecule has 2 unspecified atom stereocenters. The van der Waals surface area contributed by atoms with Crippen LogP contribution in [0.2, 0.25) is 0 Å². The van der Waals surface area contributed by atoms with E-state index < -0.39 is 0 Å². The van der Waals surface area contributed by atoms with E-state index in [0.29, 0.717) is 11.9 Å². The number of hydrogen-bond acceptors (Lipinski definition) is 5. The number of aliphatic hydroxyl groups is 1. The number of rotatable bonds is 2. The van der Waals surface area contributed by atoms with E-state index in [1.165, 1.54) is 0 Å². The highest BCUT2D eigenvalue weighted by Crippen LogP contribution is 2.25. The second-order valence-corrected chi connectivity index (χ2v) is 3.42. The Morgan fingerprint density at radius 3 is 3.15 bits per heavy atom. The molecule has 1 aromatic heterocycles. The van der Waals surface area contributed by atoms with Crippen LogP contribution in [-0.4, -0.2) is 44.9 Å². The maximum absolute atomic E-state index is 9.18. The van der Waals surface area contributed by atoms with E-state index in [2.05, 4.69) is 27.5 Å². The van der Waals surface area contributed by atoms with Crippen LogP contribution >= 0.6 is 0 Å². The zero-order valence-corrected chi connectivity index (χ0v) is 7.51. The molecule has 2 rings (SSSR count). The number of aromatic nitrogens is 4. The first kappa shape index (κ1) is 8.43. The summed E-state index contributed by atoms with van der Waals surface area (Å²) in [5.41, 5.74) is 0. The lowest BCUT2D eigenvalue weighted by Gasteiger charge is -2.22. The second-order valence-electron chi connectivity index (χ2n) is 3.42. The van der Waals surface area contributed by atoms with Gasteiger partial charge in [0.05, 0.1) is 12.6 Å². The van der Waals surface area contributed by atoms with Gasteiger partial charge >= 0.3 is 0 Å². The fourth-order valence-corrected chi connectivity index (χ4v) is 1.81. The number of nitrogens with one attached hydrogen (secondary N) is 1. The lowest BCUT2D eigenvalue weighted by Crippen LogP contribution is -2.35. The van der Waals surface area contributed by atoms with Gasteiger partial charge in [0, 0.05) is 6.54 Å². The van der Waals surface area contributed by atoms with Gasteiger partial charge in [-0.25, -0.2) is 0 Å². The number of aliphatic hydroxyl groups excluding tert-OH is 1. The van der Waals surface area contributed by atoms with Crippen molar-refractivity contribution in [3.63, 3.8) is 0 Å². The summed E-state index contributed by atoms with van der Waals surface area (Å²) < 4.78 is 0. The molecule has 2 N–H and O–H groups in total. The van der Waals surface area contributed by atoms with E-state index in [1.807, 2.05) is 4.90 Å². The van der Waals surface area contributed by atoms with Crippen LogP contribution in [0.25, 0.3) is 0 Å². The van der Waals surface area contributed by atoms with Crippen LogP contribution < -0.4 is 4.90 Å². The Kier molecular flexibility index (Phi) is 2.13. The largest absolute Gasteiger partial charge is 0.394 e. The molecule has 0 spiro atoms. The first-order valence-corrected chi connectivity index (χ1v) is 4.44. The molecule has 0 amide bonds. The molecule has 72 valence electrons. The van der Waals surface area contributed by atoms with E-state index in [9.17, 15) is 5.11 Å². The Balaban J connectivity index is 2.16. The molecule has 6 nitrogen and oxygen atoms in total. The molecule has 13 heavy (non-hydrogen) atoms. The number of aromatic amines is 1. The topological polar surface area (TPSA) is 77.9 Å². The summed E-state index contributed by atoms with van der Waals surface area (Å²) in [4.78, 5) is 1.99. The van der Waals surface area contributed by atoms with Crippen LogP contribution in [0.4, 0.5) is 5.95 Å². The highest BCUT2D eigenvalue weighted by Gasteiger charge is 2.32. The second kappa shape index (κ2) is 3.29. The number of tetrazole rings is 1. The Morgan fingerprint density at radius 1 is 1.69 bits per heavy atom. The summed E-state index contributed by atoms with van der Waals surface area (Å²) in [6.45, 7) is 3.17. The quantitative estimate of drug-likeness (QED) is 0.640. The first-order valence-electron chi connectivity index (χ1n) is 4.44. The summed E-state index contributed by atoms with van der Waals surface area (Å²) in [5, 5.41) is 22.9. The predicted octanol–water partition coefficient (Wildman–Crippen LogP) is -0.593. The molecule has 1 aliphatic rings. The number of anilines is 1. The Morgan fingerprint density at radius 2 is 2.54 bits per heavy atom. The fourth-order valence-electron chi connectivity index (χ4n) is 1.81. The molecule has 1 aliphatic heterocycles. The molecule has 0 radical (unpaired) electrons. The van der Waals surface area contributed by atoms with Gasteiger partial charge in [-0.05, 0) is 17.6 Å². The standard InChI is InChI=1S/C7H13N5O/c1-5-2-3-12(6(5)4-13)7-8-10-11-9-7/h5-6,13H,2-4H2,1H3,(H,8,9,10,11). The SMILES string of the molecule is CC1CCN(c2nn[nH]n2)C1CO. The van der Waals surface area contributed by atoms with E-state index >= 15 is 0 Å². The Labute approximate surface area is 75.9 Å². The van der Waals surface area contributed by atoms with E-state index in [-0.39, 0.29) is 12.6 Å². The van der Waals surface area contributed by atoms with Crippen molar-refractivity contribution in [2.45, 2.75) is 19.4 Å². The Bertz CT molecular complexity index is 262. The van der Waals surface area contributed by atoms with Crippen LogP contribution in [0.5, 0.6) is 0 Å². The van der Waals surface area contributed by atoms with Gasteiger partial charge in [-0.2, -0.15) is 5.21 Å². The Hall–Kier alpha value is -1.17. The zero-order chi connectivity index (χ0) is 9.26. The van der Waals surface area contributed by atoms with E-state index in [4.69, 9.17) is 0 Å². The lowest BCUT2D eigenvalue weighted by atomic mass is 10.0. The molecule has 0 saturated carbocycles. The van der Waals surface area contributed by atoms with Crippen molar-refractivity contribution in [1.82, 2.24) is 20.6 Å². The number of hydrogen-bond donors (Lipinski definition) is 2. The molecule has 1 fully saturated rings. The fraction of sp³-hybridized carbons (Fsp3) is 0.857. The molecule has 6 heteroatoms. The number of nitrogens with zero attached hydrogens (tertiary/aromatic N) is 4. The van der Waals surface area contributed by atoms with Gasteiger partial charge in [-0.15, -0.1) is 5.10 Å². The molecule has 1 aromatic rings. The monoisotopic (exact) mass is 183 g/mol. The van der Waals surface area contributed by atoms with Gasteiger partial charge in [0.25, 0.3) is 5.95 Å². The van der Waals surface area contributed by atoms with Crippen molar-refractivity contribution >= 4 is 5.95 Å². The smallest absolute Gasteiger partial charge is 0.266 e. The minimum atomic E-state index is 0.137. The summed E-state index contributed by atoms with van der Waals surface area (Å²) in [6.07, 6.45) is 1.07. The summed E-state index contributed by atoms with van der Waals surface area (Å²) in [5.74, 6) is 1.08. The van der Waals surface area contributed by atoms with Crippen LogP contribution in [0, 0.1) is 5.92 Å². The van der Waals surface area contributed by atoms with Gasteiger partial charge in [-0.3, -0.25) is 0 Å². The molecular weight excluding hydrogens is 170 g/mol. The van der Waals surface area contributed by atoms with Crippen molar-refractivity contribution in [3.8, 4) is 0 Å². The summed E-state index contributed by atoms with van der Waals surface area (Å²) in [7, 11) is 0.